The van der Waals surface area contributed by atoms with E-state index in [4.69, 9.17) is 0 Å². The molecule has 0 amide bonds. The summed E-state index contributed by atoms with van der Waals surface area (Å²) in [5.41, 5.74) is 3.14. The van der Waals surface area contributed by atoms with Crippen LogP contribution in [0.5, 0.6) is 0 Å². The summed E-state index contributed by atoms with van der Waals surface area (Å²) < 4.78 is 0. The number of aryl methyl sites for hydroxylation is 1. The first-order valence-electron chi connectivity index (χ1n) is 5.66. The molecule has 0 unspecified atom stereocenters. The Morgan fingerprint density at radius 1 is 1.21 bits per heavy atom. The van der Waals surface area contributed by atoms with Gasteiger partial charge in [-0.1, -0.05) is 31.2 Å². The van der Waals surface area contributed by atoms with Crippen LogP contribution in [0, 0.1) is 0 Å². The third-order valence-corrected chi connectivity index (χ3v) is 3.14. The third-order valence-electron chi connectivity index (χ3n) is 3.14. The molecule has 1 atom stereocenters. The molecule has 1 nitrogen and oxygen atoms in total. The topological polar surface area (TPSA) is 12.0 Å². The van der Waals surface area contributed by atoms with Crippen LogP contribution in [0.25, 0.3) is 0 Å². The van der Waals surface area contributed by atoms with E-state index in [1.165, 1.54) is 32.4 Å². The summed E-state index contributed by atoms with van der Waals surface area (Å²) in [5, 5.41) is 3.11. The fourth-order valence-corrected chi connectivity index (χ4v) is 1.95. The van der Waals surface area contributed by atoms with Gasteiger partial charge in [0.05, 0.1) is 0 Å². The lowest BCUT2D eigenvalue weighted by Gasteiger charge is -2.09. The Kier molecular flexibility index (Phi) is 3.20. The van der Waals surface area contributed by atoms with Gasteiger partial charge in [0.25, 0.3) is 0 Å². The molecule has 1 N–H and O–H groups in total. The SMILES string of the molecule is C1CNC1.C[C@H]1CCc2ccccc21. The van der Waals surface area contributed by atoms with Crippen LogP contribution in [0.3, 0.4) is 0 Å². The molecule has 1 aliphatic heterocycles. The maximum atomic E-state index is 3.11. The van der Waals surface area contributed by atoms with Crippen LogP contribution >= 0.6 is 0 Å². The second kappa shape index (κ2) is 4.61. The zero-order chi connectivity index (χ0) is 9.80. The summed E-state index contributed by atoms with van der Waals surface area (Å²) in [6.45, 7) is 4.81. The fourth-order valence-electron chi connectivity index (χ4n) is 1.95. The predicted molar refractivity (Wildman–Crippen MR) is 60.7 cm³/mol. The number of rotatable bonds is 0. The summed E-state index contributed by atoms with van der Waals surface area (Å²) in [4.78, 5) is 0. The highest BCUT2D eigenvalue weighted by molar-refractivity contribution is 5.33. The zero-order valence-corrected chi connectivity index (χ0v) is 8.92. The van der Waals surface area contributed by atoms with E-state index in [2.05, 4.69) is 36.5 Å². The molecular weight excluding hydrogens is 170 g/mol. The van der Waals surface area contributed by atoms with Gasteiger partial charge in [-0.05, 0) is 49.4 Å². The van der Waals surface area contributed by atoms with Crippen molar-refractivity contribution in [2.24, 2.45) is 0 Å². The highest BCUT2D eigenvalue weighted by Crippen LogP contribution is 2.31. The summed E-state index contributed by atoms with van der Waals surface area (Å²) in [5.74, 6) is 0.802. The molecule has 0 saturated carbocycles. The Morgan fingerprint density at radius 2 is 1.86 bits per heavy atom. The van der Waals surface area contributed by atoms with Gasteiger partial charge in [-0.3, -0.25) is 0 Å². The van der Waals surface area contributed by atoms with Crippen molar-refractivity contribution in [2.75, 3.05) is 13.1 Å². The number of benzene rings is 1. The monoisotopic (exact) mass is 189 g/mol. The van der Waals surface area contributed by atoms with Crippen molar-refractivity contribution < 1.29 is 0 Å². The van der Waals surface area contributed by atoms with Crippen molar-refractivity contribution in [3.05, 3.63) is 35.4 Å². The van der Waals surface area contributed by atoms with Crippen molar-refractivity contribution in [1.29, 1.82) is 0 Å². The molecule has 1 saturated heterocycles. The van der Waals surface area contributed by atoms with Gasteiger partial charge >= 0.3 is 0 Å². The van der Waals surface area contributed by atoms with Crippen molar-refractivity contribution in [2.45, 2.75) is 32.1 Å². The van der Waals surface area contributed by atoms with Gasteiger partial charge in [-0.25, -0.2) is 0 Å². The first-order valence-corrected chi connectivity index (χ1v) is 5.66. The lowest BCUT2D eigenvalue weighted by Crippen LogP contribution is -2.29. The minimum Gasteiger partial charge on any atom is -0.317 e. The lowest BCUT2D eigenvalue weighted by atomic mass is 10.0. The summed E-state index contributed by atoms with van der Waals surface area (Å²) in [6.07, 6.45) is 4.02. The summed E-state index contributed by atoms with van der Waals surface area (Å²) in [6, 6.07) is 8.78. The second-order valence-corrected chi connectivity index (χ2v) is 4.24. The molecule has 1 heteroatoms. The van der Waals surface area contributed by atoms with Gasteiger partial charge in [0, 0.05) is 0 Å². The largest absolute Gasteiger partial charge is 0.317 e. The van der Waals surface area contributed by atoms with Crippen LogP contribution in [0.1, 0.15) is 36.8 Å². The molecule has 76 valence electrons. The first-order chi connectivity index (χ1) is 6.88. The van der Waals surface area contributed by atoms with E-state index < -0.39 is 0 Å². The van der Waals surface area contributed by atoms with E-state index in [9.17, 15) is 0 Å². The Balaban J connectivity index is 0.000000157. The number of nitrogens with one attached hydrogen (secondary N) is 1. The van der Waals surface area contributed by atoms with Crippen molar-refractivity contribution in [1.82, 2.24) is 5.32 Å². The normalized spacial score (nSPS) is 23.1. The molecule has 3 rings (SSSR count). The molecule has 0 spiro atoms. The van der Waals surface area contributed by atoms with E-state index in [0.717, 1.165) is 5.92 Å². The third kappa shape index (κ3) is 2.16. The van der Waals surface area contributed by atoms with E-state index in [1.54, 1.807) is 11.1 Å². The van der Waals surface area contributed by atoms with Crippen molar-refractivity contribution in [3.63, 3.8) is 0 Å². The summed E-state index contributed by atoms with van der Waals surface area (Å²) in [7, 11) is 0. The maximum Gasteiger partial charge on any atom is -0.00368 e. The Hall–Kier alpha value is -0.820. The predicted octanol–water partition coefficient (Wildman–Crippen LogP) is 2.72. The van der Waals surface area contributed by atoms with E-state index >= 15 is 0 Å². The van der Waals surface area contributed by atoms with Gasteiger partial charge < -0.3 is 5.32 Å². The van der Waals surface area contributed by atoms with Gasteiger partial charge in [0.2, 0.25) is 0 Å². The highest BCUT2D eigenvalue weighted by atomic mass is 14.9. The van der Waals surface area contributed by atoms with Crippen LogP contribution in [-0.4, -0.2) is 13.1 Å². The van der Waals surface area contributed by atoms with Gasteiger partial charge in [-0.15, -0.1) is 0 Å². The number of hydrogen-bond donors (Lipinski definition) is 1. The number of fused-ring (bicyclic) bond motifs is 1. The molecule has 1 heterocycles. The Labute approximate surface area is 86.5 Å². The molecule has 1 fully saturated rings. The molecule has 0 bridgehead atoms. The van der Waals surface area contributed by atoms with Crippen molar-refractivity contribution >= 4 is 0 Å². The van der Waals surface area contributed by atoms with E-state index in [0.29, 0.717) is 0 Å². The quantitative estimate of drug-likeness (QED) is 0.661. The standard InChI is InChI=1S/C10H12.C3H7N/c1-8-6-7-9-4-2-3-5-10(8)9;1-2-4-3-1/h2-5,8H,6-7H2,1H3;4H,1-3H2/t8-;/m0./s1. The van der Waals surface area contributed by atoms with Gasteiger partial charge in [0.1, 0.15) is 0 Å². The average molecular weight is 189 g/mol. The van der Waals surface area contributed by atoms with Gasteiger partial charge in [-0.2, -0.15) is 0 Å². The molecular formula is C13H19N. The Morgan fingerprint density at radius 3 is 2.43 bits per heavy atom. The minimum absolute atomic E-state index is 0.802. The van der Waals surface area contributed by atoms with Crippen molar-refractivity contribution in [3.8, 4) is 0 Å². The minimum atomic E-state index is 0.802. The fraction of sp³-hybridized carbons (Fsp3) is 0.538. The lowest BCUT2D eigenvalue weighted by molar-refractivity contribution is 0.527. The molecule has 0 radical (unpaired) electrons. The van der Waals surface area contributed by atoms with Crippen LogP contribution in [0.15, 0.2) is 24.3 Å². The van der Waals surface area contributed by atoms with E-state index in [-0.39, 0.29) is 0 Å². The van der Waals surface area contributed by atoms with Gasteiger partial charge in [0.15, 0.2) is 0 Å². The van der Waals surface area contributed by atoms with Crippen LogP contribution < -0.4 is 5.32 Å². The van der Waals surface area contributed by atoms with Crippen LogP contribution in [0.4, 0.5) is 0 Å². The smallest absolute Gasteiger partial charge is 0.00368 e. The summed E-state index contributed by atoms with van der Waals surface area (Å²) >= 11 is 0. The van der Waals surface area contributed by atoms with Crippen LogP contribution in [-0.2, 0) is 6.42 Å². The molecule has 1 aromatic rings. The zero-order valence-electron chi connectivity index (χ0n) is 8.92. The number of hydrogen-bond acceptors (Lipinski definition) is 1. The molecule has 1 aromatic carbocycles. The molecule has 1 aliphatic carbocycles. The Bertz CT molecular complexity index is 285. The second-order valence-electron chi connectivity index (χ2n) is 4.24. The highest BCUT2D eigenvalue weighted by Gasteiger charge is 2.16. The average Bonchev–Trinajstić information content (AvgIpc) is 2.46. The van der Waals surface area contributed by atoms with Crippen LogP contribution in [0.2, 0.25) is 0 Å². The molecule has 0 aromatic heterocycles. The maximum absolute atomic E-state index is 3.11. The van der Waals surface area contributed by atoms with E-state index in [1.807, 2.05) is 0 Å². The molecule has 14 heavy (non-hydrogen) atoms. The molecule has 2 aliphatic rings. The first kappa shape index (κ1) is 9.72.